The van der Waals surface area contributed by atoms with E-state index in [0.29, 0.717) is 17.2 Å². The van der Waals surface area contributed by atoms with Gasteiger partial charge in [0.1, 0.15) is 11.6 Å². The lowest BCUT2D eigenvalue weighted by Crippen LogP contribution is -2.33. The molecular weight excluding hydrogens is 314 g/mol. The lowest BCUT2D eigenvalue weighted by molar-refractivity contribution is 0.0958. The van der Waals surface area contributed by atoms with Gasteiger partial charge in [0, 0.05) is 19.3 Å². The predicted octanol–water partition coefficient (Wildman–Crippen LogP) is 2.53. The molecule has 1 saturated heterocycles. The first-order chi connectivity index (χ1) is 12.2. The molecule has 1 aliphatic heterocycles. The van der Waals surface area contributed by atoms with Gasteiger partial charge >= 0.3 is 0 Å². The minimum atomic E-state index is -0.206. The first-order valence-corrected chi connectivity index (χ1v) is 8.39. The van der Waals surface area contributed by atoms with Gasteiger partial charge in [-0.25, -0.2) is 4.98 Å². The second kappa shape index (κ2) is 7.71. The number of carbonyl (C=O) groups is 1. The number of nitrogens with one attached hydrogen (secondary N) is 1. The van der Waals surface area contributed by atoms with Crippen LogP contribution in [0.15, 0.2) is 42.6 Å². The summed E-state index contributed by atoms with van der Waals surface area (Å²) in [5, 5.41) is 12.0. The molecule has 1 aliphatic rings. The zero-order valence-corrected chi connectivity index (χ0v) is 14.0. The van der Waals surface area contributed by atoms with Crippen LogP contribution in [0.4, 0.5) is 5.82 Å². The van der Waals surface area contributed by atoms with Crippen molar-refractivity contribution in [3.8, 4) is 18.1 Å². The van der Waals surface area contributed by atoms with Gasteiger partial charge in [-0.15, -0.1) is 6.42 Å². The normalized spacial score (nSPS) is 14.8. The summed E-state index contributed by atoms with van der Waals surface area (Å²) in [5.41, 5.74) is 1.78. The summed E-state index contributed by atoms with van der Waals surface area (Å²) in [6, 6.07) is 11.1. The summed E-state index contributed by atoms with van der Waals surface area (Å²) in [4.78, 5) is 18.5. The van der Waals surface area contributed by atoms with E-state index >= 15 is 0 Å². The van der Waals surface area contributed by atoms with Crippen LogP contribution in [-0.2, 0) is 0 Å². The number of aromatic nitrogens is 1. The maximum Gasteiger partial charge on any atom is 0.253 e. The van der Waals surface area contributed by atoms with Gasteiger partial charge in [-0.2, -0.15) is 0 Å². The molecule has 3 rings (SSSR count). The highest BCUT2D eigenvalue weighted by Crippen LogP contribution is 2.30. The number of piperidine rings is 1. The fourth-order valence-corrected chi connectivity index (χ4v) is 3.13. The third kappa shape index (κ3) is 4.10. The smallest absolute Gasteiger partial charge is 0.253 e. The van der Waals surface area contributed by atoms with Crippen molar-refractivity contribution >= 4 is 11.7 Å². The number of pyridine rings is 1. The molecule has 2 N–H and O–H groups in total. The number of nitrogens with zero attached hydrogens (tertiary/aromatic N) is 2. The average Bonchev–Trinajstić information content (AvgIpc) is 2.67. The number of hydrogen-bond donors (Lipinski definition) is 2. The number of benzene rings is 1. The van der Waals surface area contributed by atoms with Crippen LogP contribution in [0, 0.1) is 12.3 Å². The van der Waals surface area contributed by atoms with Crippen LogP contribution < -0.4 is 10.2 Å². The van der Waals surface area contributed by atoms with Crippen molar-refractivity contribution in [3.05, 3.63) is 53.7 Å². The lowest BCUT2D eigenvalue weighted by Gasteiger charge is -2.33. The quantitative estimate of drug-likeness (QED) is 0.843. The number of terminal acetylenes is 1. The molecule has 1 aromatic heterocycles. The molecule has 0 aliphatic carbocycles. The first kappa shape index (κ1) is 16.8. The van der Waals surface area contributed by atoms with E-state index in [1.807, 2.05) is 18.2 Å². The van der Waals surface area contributed by atoms with E-state index in [2.05, 4.69) is 21.1 Å². The van der Waals surface area contributed by atoms with E-state index in [-0.39, 0.29) is 12.5 Å². The highest BCUT2D eigenvalue weighted by molar-refractivity contribution is 5.94. The maximum absolute atomic E-state index is 11.8. The van der Waals surface area contributed by atoms with Gasteiger partial charge in [0.25, 0.3) is 5.91 Å². The van der Waals surface area contributed by atoms with Crippen molar-refractivity contribution in [1.82, 2.24) is 10.3 Å². The van der Waals surface area contributed by atoms with E-state index in [9.17, 15) is 9.90 Å². The van der Waals surface area contributed by atoms with Crippen LogP contribution in [0.2, 0.25) is 0 Å². The van der Waals surface area contributed by atoms with Crippen LogP contribution in [0.25, 0.3) is 0 Å². The molecule has 0 unspecified atom stereocenters. The molecule has 0 atom stereocenters. The van der Waals surface area contributed by atoms with Gasteiger partial charge in [0.05, 0.1) is 12.1 Å². The van der Waals surface area contributed by atoms with Crippen molar-refractivity contribution in [2.75, 3.05) is 24.5 Å². The van der Waals surface area contributed by atoms with Crippen LogP contribution in [-0.4, -0.2) is 35.6 Å². The molecule has 2 aromatic rings. The molecule has 2 heterocycles. The Bertz CT molecular complexity index is 755. The Labute approximate surface area is 147 Å². The maximum atomic E-state index is 11.8. The fourth-order valence-electron chi connectivity index (χ4n) is 3.13. The fraction of sp³-hybridized carbons (Fsp3) is 0.300. The van der Waals surface area contributed by atoms with Crippen LogP contribution >= 0.6 is 0 Å². The van der Waals surface area contributed by atoms with E-state index in [0.717, 1.165) is 31.7 Å². The Morgan fingerprint density at radius 3 is 2.56 bits per heavy atom. The zero-order chi connectivity index (χ0) is 17.6. The number of rotatable bonds is 4. The summed E-state index contributed by atoms with van der Waals surface area (Å²) in [6.45, 7) is 2.05. The highest BCUT2D eigenvalue weighted by Gasteiger charge is 2.21. The van der Waals surface area contributed by atoms with Crippen LogP contribution in [0.3, 0.4) is 0 Å². The van der Waals surface area contributed by atoms with Crippen molar-refractivity contribution in [2.45, 2.75) is 18.8 Å². The van der Waals surface area contributed by atoms with E-state index in [1.54, 1.807) is 24.4 Å². The standard InChI is InChI=1S/C20H21N3O2/c1-2-11-21-20(25)17-5-8-19(22-14-17)23-12-9-16(10-13-23)15-3-6-18(24)7-4-15/h1,3-8,14,16,24H,9-13H2,(H,21,25). The molecule has 128 valence electrons. The Kier molecular flexibility index (Phi) is 5.20. The molecule has 1 amide bonds. The van der Waals surface area contributed by atoms with Crippen molar-refractivity contribution < 1.29 is 9.90 Å². The Morgan fingerprint density at radius 2 is 1.96 bits per heavy atom. The minimum absolute atomic E-state index is 0.206. The van der Waals surface area contributed by atoms with Gasteiger partial charge in [-0.1, -0.05) is 18.1 Å². The number of carbonyl (C=O) groups excluding carboxylic acids is 1. The Balaban J connectivity index is 1.58. The monoisotopic (exact) mass is 335 g/mol. The molecule has 5 heteroatoms. The Hall–Kier alpha value is -3.00. The topological polar surface area (TPSA) is 65.5 Å². The molecule has 0 bridgehead atoms. The number of anilines is 1. The van der Waals surface area contributed by atoms with E-state index in [1.165, 1.54) is 5.56 Å². The molecule has 0 saturated carbocycles. The van der Waals surface area contributed by atoms with Crippen LogP contribution in [0.1, 0.15) is 34.7 Å². The molecular formula is C20H21N3O2. The van der Waals surface area contributed by atoms with E-state index < -0.39 is 0 Å². The van der Waals surface area contributed by atoms with Gasteiger partial charge in [-0.05, 0) is 48.6 Å². The minimum Gasteiger partial charge on any atom is -0.508 e. The van der Waals surface area contributed by atoms with E-state index in [4.69, 9.17) is 6.42 Å². The molecule has 1 fully saturated rings. The Morgan fingerprint density at radius 1 is 1.24 bits per heavy atom. The summed E-state index contributed by atoms with van der Waals surface area (Å²) in [6.07, 6.45) is 8.81. The first-order valence-electron chi connectivity index (χ1n) is 8.39. The van der Waals surface area contributed by atoms with Gasteiger partial charge < -0.3 is 15.3 Å². The summed E-state index contributed by atoms with van der Waals surface area (Å²) >= 11 is 0. The van der Waals surface area contributed by atoms with Gasteiger partial charge in [-0.3, -0.25) is 4.79 Å². The van der Waals surface area contributed by atoms with Crippen molar-refractivity contribution in [1.29, 1.82) is 0 Å². The summed E-state index contributed by atoms with van der Waals surface area (Å²) < 4.78 is 0. The second-order valence-corrected chi connectivity index (χ2v) is 6.14. The van der Waals surface area contributed by atoms with Gasteiger partial charge in [0.2, 0.25) is 0 Å². The zero-order valence-electron chi connectivity index (χ0n) is 14.0. The molecule has 0 spiro atoms. The largest absolute Gasteiger partial charge is 0.508 e. The highest BCUT2D eigenvalue weighted by atomic mass is 16.3. The number of hydrogen-bond acceptors (Lipinski definition) is 4. The average molecular weight is 335 g/mol. The number of phenols is 1. The SMILES string of the molecule is C#CCNC(=O)c1ccc(N2CCC(c3ccc(O)cc3)CC2)nc1. The van der Waals surface area contributed by atoms with Gasteiger partial charge in [0.15, 0.2) is 0 Å². The third-order valence-corrected chi connectivity index (χ3v) is 4.54. The van der Waals surface area contributed by atoms with Crippen molar-refractivity contribution in [2.24, 2.45) is 0 Å². The van der Waals surface area contributed by atoms with Crippen molar-refractivity contribution in [3.63, 3.8) is 0 Å². The molecule has 5 nitrogen and oxygen atoms in total. The summed E-state index contributed by atoms with van der Waals surface area (Å²) in [7, 11) is 0. The third-order valence-electron chi connectivity index (χ3n) is 4.54. The summed E-state index contributed by atoms with van der Waals surface area (Å²) in [5.74, 6) is 3.87. The second-order valence-electron chi connectivity index (χ2n) is 6.14. The lowest BCUT2D eigenvalue weighted by atomic mass is 9.89. The molecule has 0 radical (unpaired) electrons. The predicted molar refractivity (Wildman–Crippen MR) is 97.7 cm³/mol. The molecule has 25 heavy (non-hydrogen) atoms. The molecule has 1 aromatic carbocycles. The number of phenolic OH excluding ortho intramolecular Hbond substituents is 1. The number of aromatic hydroxyl groups is 1. The van der Waals surface area contributed by atoms with Crippen LogP contribution in [0.5, 0.6) is 5.75 Å². The number of amides is 1.